The first-order valence-electron chi connectivity index (χ1n) is 4.10. The Morgan fingerprint density at radius 1 is 1.15 bits per heavy atom. The molecular weight excluding hydrogens is 162 g/mol. The third-order valence-corrected chi connectivity index (χ3v) is 1.86. The van der Waals surface area contributed by atoms with Gasteiger partial charge in [0.2, 0.25) is 0 Å². The summed E-state index contributed by atoms with van der Waals surface area (Å²) in [6.07, 6.45) is 5.28. The summed E-state index contributed by atoms with van der Waals surface area (Å²) in [7, 11) is 0. The van der Waals surface area contributed by atoms with E-state index in [0.717, 1.165) is 5.56 Å². The van der Waals surface area contributed by atoms with Gasteiger partial charge in [-0.3, -0.25) is 4.79 Å². The minimum Gasteiger partial charge on any atom is -0.329 e. The first kappa shape index (κ1) is 7.80. The Hall–Kier alpha value is -1.83. The highest BCUT2D eigenvalue weighted by Gasteiger charge is 2.09. The highest BCUT2D eigenvalue weighted by molar-refractivity contribution is 6.03. The molecule has 0 unspecified atom stereocenters. The molecule has 1 heterocycles. The fourth-order valence-corrected chi connectivity index (χ4v) is 1.21. The quantitative estimate of drug-likeness (QED) is 0.640. The first-order valence-corrected chi connectivity index (χ1v) is 4.10. The lowest BCUT2D eigenvalue weighted by Crippen LogP contribution is -2.11. The number of carbonyl (C=O) groups excluding carboxylic acids is 1. The number of hydrogen-bond acceptors (Lipinski definition) is 1. The molecule has 2 rings (SSSR count). The van der Waals surface area contributed by atoms with Crippen molar-refractivity contribution in [1.29, 1.82) is 0 Å². The summed E-state index contributed by atoms with van der Waals surface area (Å²) in [4.78, 5) is 11.1. The van der Waals surface area contributed by atoms with Gasteiger partial charge in [-0.1, -0.05) is 30.3 Å². The number of hydrogen-bond donors (Lipinski definition) is 1. The molecule has 1 amide bonds. The van der Waals surface area contributed by atoms with Crippen molar-refractivity contribution in [2.75, 3.05) is 0 Å². The van der Waals surface area contributed by atoms with Crippen LogP contribution in [0.3, 0.4) is 0 Å². The van der Waals surface area contributed by atoms with Crippen LogP contribution in [0.4, 0.5) is 0 Å². The molecule has 1 aliphatic rings. The maximum Gasteiger partial charge on any atom is 0.255 e. The van der Waals surface area contributed by atoms with E-state index >= 15 is 0 Å². The summed E-state index contributed by atoms with van der Waals surface area (Å²) in [5.41, 5.74) is 1.74. The van der Waals surface area contributed by atoms with Gasteiger partial charge >= 0.3 is 0 Å². The molecule has 0 saturated heterocycles. The predicted octanol–water partition coefficient (Wildman–Crippen LogP) is 1.71. The molecule has 0 radical (unpaired) electrons. The van der Waals surface area contributed by atoms with Crippen molar-refractivity contribution >= 4 is 12.0 Å². The van der Waals surface area contributed by atoms with Crippen LogP contribution in [0.2, 0.25) is 0 Å². The van der Waals surface area contributed by atoms with Gasteiger partial charge in [-0.2, -0.15) is 0 Å². The van der Waals surface area contributed by atoms with E-state index in [0.29, 0.717) is 5.57 Å². The summed E-state index contributed by atoms with van der Waals surface area (Å²) in [5.74, 6) is -0.0381. The molecule has 64 valence electrons. The lowest BCUT2D eigenvalue weighted by atomic mass is 10.1. The molecule has 13 heavy (non-hydrogen) atoms. The van der Waals surface area contributed by atoms with Crippen LogP contribution in [0.1, 0.15) is 5.56 Å². The van der Waals surface area contributed by atoms with Crippen LogP contribution < -0.4 is 5.32 Å². The second kappa shape index (κ2) is 3.27. The Balaban J connectivity index is 2.30. The molecule has 0 bridgehead atoms. The van der Waals surface area contributed by atoms with Crippen molar-refractivity contribution in [1.82, 2.24) is 5.32 Å². The molecule has 1 aromatic carbocycles. The van der Waals surface area contributed by atoms with Gasteiger partial charge in [-0.25, -0.2) is 0 Å². The van der Waals surface area contributed by atoms with Crippen LogP contribution in [0.15, 0.2) is 48.2 Å². The molecule has 0 saturated carbocycles. The van der Waals surface area contributed by atoms with Gasteiger partial charge in [0.25, 0.3) is 5.91 Å². The Bertz CT molecular complexity index is 376. The van der Waals surface area contributed by atoms with Crippen molar-refractivity contribution in [3.8, 4) is 0 Å². The van der Waals surface area contributed by atoms with Gasteiger partial charge in [0, 0.05) is 11.8 Å². The van der Waals surface area contributed by atoms with E-state index in [1.807, 2.05) is 36.4 Å². The normalized spacial score (nSPS) is 17.8. The second-order valence-corrected chi connectivity index (χ2v) is 2.82. The zero-order chi connectivity index (χ0) is 9.10. The average Bonchev–Trinajstić information content (AvgIpc) is 2.54. The lowest BCUT2D eigenvalue weighted by molar-refractivity contribution is -0.115. The third-order valence-electron chi connectivity index (χ3n) is 1.86. The van der Waals surface area contributed by atoms with Gasteiger partial charge in [0.05, 0.1) is 0 Å². The highest BCUT2D eigenvalue weighted by Crippen LogP contribution is 2.10. The minimum absolute atomic E-state index is 0.0381. The SMILES string of the molecule is O=C1NC=C/C1=C/c1ccccc1. The molecule has 0 atom stereocenters. The molecule has 2 heteroatoms. The van der Waals surface area contributed by atoms with E-state index in [1.54, 1.807) is 12.3 Å². The topological polar surface area (TPSA) is 29.1 Å². The van der Waals surface area contributed by atoms with Gasteiger partial charge in [-0.15, -0.1) is 0 Å². The minimum atomic E-state index is -0.0381. The molecule has 1 N–H and O–H groups in total. The van der Waals surface area contributed by atoms with E-state index in [4.69, 9.17) is 0 Å². The predicted molar refractivity (Wildman–Crippen MR) is 51.7 cm³/mol. The Morgan fingerprint density at radius 3 is 2.54 bits per heavy atom. The summed E-state index contributed by atoms with van der Waals surface area (Å²) in [6.45, 7) is 0. The number of benzene rings is 1. The molecule has 0 fully saturated rings. The smallest absolute Gasteiger partial charge is 0.255 e. The fraction of sp³-hybridized carbons (Fsp3) is 0. The number of carbonyl (C=O) groups is 1. The molecule has 1 aromatic rings. The fourth-order valence-electron chi connectivity index (χ4n) is 1.21. The molecule has 0 aromatic heterocycles. The van der Waals surface area contributed by atoms with Crippen molar-refractivity contribution in [3.63, 3.8) is 0 Å². The van der Waals surface area contributed by atoms with Gasteiger partial charge in [0.1, 0.15) is 0 Å². The maximum atomic E-state index is 11.1. The first-order chi connectivity index (χ1) is 6.36. The van der Waals surface area contributed by atoms with Crippen molar-refractivity contribution < 1.29 is 4.79 Å². The van der Waals surface area contributed by atoms with Crippen LogP contribution in [-0.2, 0) is 4.79 Å². The Kier molecular flexibility index (Phi) is 1.96. The van der Waals surface area contributed by atoms with Crippen LogP contribution in [0.5, 0.6) is 0 Å². The summed E-state index contributed by atoms with van der Waals surface area (Å²) in [6, 6.07) is 9.78. The molecule has 0 aliphatic carbocycles. The van der Waals surface area contributed by atoms with E-state index in [9.17, 15) is 4.79 Å². The Morgan fingerprint density at radius 2 is 1.92 bits per heavy atom. The maximum absolute atomic E-state index is 11.1. The summed E-state index contributed by atoms with van der Waals surface area (Å²) >= 11 is 0. The van der Waals surface area contributed by atoms with Crippen LogP contribution in [0.25, 0.3) is 6.08 Å². The van der Waals surface area contributed by atoms with Crippen LogP contribution in [-0.4, -0.2) is 5.91 Å². The molecule has 2 nitrogen and oxygen atoms in total. The Labute approximate surface area is 76.6 Å². The lowest BCUT2D eigenvalue weighted by Gasteiger charge is -1.94. The van der Waals surface area contributed by atoms with Gasteiger partial charge in [-0.05, 0) is 17.7 Å². The standard InChI is InChI=1S/C11H9NO/c13-11-10(6-7-12-11)8-9-4-2-1-3-5-9/h1-8H,(H,12,13)/b10-8-. The third kappa shape index (κ3) is 1.67. The summed E-state index contributed by atoms with van der Waals surface area (Å²) in [5, 5.41) is 2.60. The van der Waals surface area contributed by atoms with Crippen LogP contribution in [0, 0.1) is 0 Å². The zero-order valence-corrected chi connectivity index (χ0v) is 7.03. The van der Waals surface area contributed by atoms with Crippen molar-refractivity contribution in [3.05, 3.63) is 53.7 Å². The monoisotopic (exact) mass is 171 g/mol. The molecular formula is C11H9NO. The average molecular weight is 171 g/mol. The molecule has 0 spiro atoms. The summed E-state index contributed by atoms with van der Waals surface area (Å²) < 4.78 is 0. The van der Waals surface area contributed by atoms with Crippen molar-refractivity contribution in [2.45, 2.75) is 0 Å². The zero-order valence-electron chi connectivity index (χ0n) is 7.03. The van der Waals surface area contributed by atoms with E-state index in [-0.39, 0.29) is 5.91 Å². The molecule has 1 aliphatic heterocycles. The van der Waals surface area contributed by atoms with E-state index in [1.165, 1.54) is 0 Å². The van der Waals surface area contributed by atoms with E-state index in [2.05, 4.69) is 5.32 Å². The second-order valence-electron chi connectivity index (χ2n) is 2.82. The van der Waals surface area contributed by atoms with E-state index < -0.39 is 0 Å². The van der Waals surface area contributed by atoms with Crippen LogP contribution >= 0.6 is 0 Å². The largest absolute Gasteiger partial charge is 0.329 e. The van der Waals surface area contributed by atoms with Gasteiger partial charge < -0.3 is 5.32 Å². The highest BCUT2D eigenvalue weighted by atomic mass is 16.1. The van der Waals surface area contributed by atoms with Crippen molar-refractivity contribution in [2.24, 2.45) is 0 Å². The van der Waals surface area contributed by atoms with Gasteiger partial charge in [0.15, 0.2) is 0 Å². The number of nitrogens with one attached hydrogen (secondary N) is 1. The number of rotatable bonds is 1. The number of amides is 1.